The van der Waals surface area contributed by atoms with Crippen LogP contribution in [-0.2, 0) is 0 Å². The van der Waals surface area contributed by atoms with Crippen molar-refractivity contribution in [3.05, 3.63) is 35.6 Å². The average Bonchev–Trinajstić information content (AvgIpc) is 2.61. The maximum atomic E-state index is 13.2. The van der Waals surface area contributed by atoms with Crippen molar-refractivity contribution in [2.75, 3.05) is 20.1 Å². The third kappa shape index (κ3) is 4.79. The van der Waals surface area contributed by atoms with Crippen LogP contribution in [0.25, 0.3) is 0 Å². The molecule has 1 heterocycles. The lowest BCUT2D eigenvalue weighted by atomic mass is 9.81. The van der Waals surface area contributed by atoms with Crippen LogP contribution >= 0.6 is 0 Å². The molecule has 2 atom stereocenters. The fraction of sp³-hybridized carbons (Fsp3) is 0.667. The van der Waals surface area contributed by atoms with Crippen molar-refractivity contribution in [1.82, 2.24) is 10.2 Å². The second kappa shape index (κ2) is 6.89. The van der Waals surface area contributed by atoms with Gasteiger partial charge in [0.05, 0.1) is 0 Å². The highest BCUT2D eigenvalue weighted by Crippen LogP contribution is 2.34. The highest BCUT2D eigenvalue weighted by Gasteiger charge is 2.29. The van der Waals surface area contributed by atoms with Crippen molar-refractivity contribution in [2.45, 2.75) is 52.1 Å². The van der Waals surface area contributed by atoms with Crippen LogP contribution in [0, 0.1) is 11.2 Å². The van der Waals surface area contributed by atoms with Crippen molar-refractivity contribution in [1.29, 1.82) is 0 Å². The van der Waals surface area contributed by atoms with E-state index in [0.29, 0.717) is 6.04 Å². The van der Waals surface area contributed by atoms with Gasteiger partial charge < -0.3 is 10.2 Å². The van der Waals surface area contributed by atoms with Gasteiger partial charge in [-0.2, -0.15) is 0 Å². The van der Waals surface area contributed by atoms with Gasteiger partial charge in [0.15, 0.2) is 0 Å². The van der Waals surface area contributed by atoms with Gasteiger partial charge in [-0.3, -0.25) is 0 Å². The minimum Gasteiger partial charge on any atom is -0.307 e. The molecule has 2 rings (SSSR count). The molecule has 1 saturated heterocycles. The van der Waals surface area contributed by atoms with E-state index in [4.69, 9.17) is 0 Å². The first-order chi connectivity index (χ1) is 9.86. The third-order valence-corrected chi connectivity index (χ3v) is 4.42. The number of rotatable bonds is 3. The van der Waals surface area contributed by atoms with Gasteiger partial charge in [0, 0.05) is 12.1 Å². The smallest absolute Gasteiger partial charge is 0.123 e. The Morgan fingerprint density at radius 1 is 1.14 bits per heavy atom. The maximum Gasteiger partial charge on any atom is 0.123 e. The van der Waals surface area contributed by atoms with Gasteiger partial charge in [0.25, 0.3) is 0 Å². The molecule has 0 spiro atoms. The molecule has 0 aromatic heterocycles. The molecule has 3 heteroatoms. The van der Waals surface area contributed by atoms with Crippen LogP contribution < -0.4 is 5.32 Å². The molecule has 2 unspecified atom stereocenters. The van der Waals surface area contributed by atoms with E-state index in [0.717, 1.165) is 6.54 Å². The van der Waals surface area contributed by atoms with Crippen molar-refractivity contribution in [2.24, 2.45) is 5.41 Å². The largest absolute Gasteiger partial charge is 0.307 e. The van der Waals surface area contributed by atoms with Crippen molar-refractivity contribution in [3.8, 4) is 0 Å². The van der Waals surface area contributed by atoms with E-state index in [1.165, 1.54) is 31.4 Å². The molecular formula is C18H29FN2. The SMILES string of the molecule is CN1CCCC(NC(c2ccc(F)cc2)C(C)(C)C)CC1. The molecule has 1 aromatic rings. The van der Waals surface area contributed by atoms with Gasteiger partial charge in [0.1, 0.15) is 5.82 Å². The van der Waals surface area contributed by atoms with Crippen LogP contribution in [0.15, 0.2) is 24.3 Å². The van der Waals surface area contributed by atoms with Crippen LogP contribution in [0.3, 0.4) is 0 Å². The molecule has 21 heavy (non-hydrogen) atoms. The van der Waals surface area contributed by atoms with E-state index in [1.54, 1.807) is 12.1 Å². The molecule has 1 N–H and O–H groups in total. The molecule has 0 radical (unpaired) electrons. The second-order valence-electron chi connectivity index (χ2n) is 7.45. The molecule has 1 aliphatic rings. The van der Waals surface area contributed by atoms with E-state index >= 15 is 0 Å². The minimum absolute atomic E-state index is 0.107. The summed E-state index contributed by atoms with van der Waals surface area (Å²) in [5.74, 6) is -0.164. The summed E-state index contributed by atoms with van der Waals surface area (Å²) in [7, 11) is 2.20. The van der Waals surface area contributed by atoms with Crippen LogP contribution in [-0.4, -0.2) is 31.1 Å². The van der Waals surface area contributed by atoms with Crippen LogP contribution in [0.2, 0.25) is 0 Å². The molecule has 118 valence electrons. The predicted octanol–water partition coefficient (Wildman–Crippen LogP) is 3.99. The van der Waals surface area contributed by atoms with Gasteiger partial charge in [-0.05, 0) is 62.5 Å². The number of hydrogen-bond acceptors (Lipinski definition) is 2. The van der Waals surface area contributed by atoms with Gasteiger partial charge in [-0.25, -0.2) is 4.39 Å². The molecule has 1 fully saturated rings. The number of nitrogens with one attached hydrogen (secondary N) is 1. The predicted molar refractivity (Wildman–Crippen MR) is 86.9 cm³/mol. The van der Waals surface area contributed by atoms with Crippen molar-refractivity contribution < 1.29 is 4.39 Å². The Morgan fingerprint density at radius 2 is 1.81 bits per heavy atom. The Balaban J connectivity index is 2.11. The van der Waals surface area contributed by atoms with E-state index in [1.807, 2.05) is 12.1 Å². The molecule has 0 bridgehead atoms. The Kier molecular flexibility index (Phi) is 5.39. The number of hydrogen-bond donors (Lipinski definition) is 1. The standard InChI is InChI=1S/C18H29FN2/c1-18(2,3)17(14-7-9-15(19)10-8-14)20-16-6-5-12-21(4)13-11-16/h7-10,16-17,20H,5-6,11-13H2,1-4H3. The number of halogens is 1. The summed E-state index contributed by atoms with van der Waals surface area (Å²) in [4.78, 5) is 2.41. The van der Waals surface area contributed by atoms with Gasteiger partial charge in [0.2, 0.25) is 0 Å². The summed E-state index contributed by atoms with van der Waals surface area (Å²) in [5, 5.41) is 3.84. The first-order valence-electron chi connectivity index (χ1n) is 8.06. The lowest BCUT2D eigenvalue weighted by molar-refractivity contribution is 0.239. The third-order valence-electron chi connectivity index (χ3n) is 4.42. The van der Waals surface area contributed by atoms with Gasteiger partial charge >= 0.3 is 0 Å². The molecule has 0 aliphatic carbocycles. The topological polar surface area (TPSA) is 15.3 Å². The minimum atomic E-state index is -0.164. The summed E-state index contributed by atoms with van der Waals surface area (Å²) < 4.78 is 13.2. The molecule has 0 amide bonds. The summed E-state index contributed by atoms with van der Waals surface area (Å²) >= 11 is 0. The molecule has 0 saturated carbocycles. The summed E-state index contributed by atoms with van der Waals surface area (Å²) in [6.45, 7) is 9.08. The van der Waals surface area contributed by atoms with Crippen molar-refractivity contribution >= 4 is 0 Å². The Labute approximate surface area is 128 Å². The fourth-order valence-corrected chi connectivity index (χ4v) is 3.14. The quantitative estimate of drug-likeness (QED) is 0.906. The number of nitrogens with zero attached hydrogens (tertiary/aromatic N) is 1. The van der Waals surface area contributed by atoms with E-state index < -0.39 is 0 Å². The van der Waals surface area contributed by atoms with Crippen molar-refractivity contribution in [3.63, 3.8) is 0 Å². The highest BCUT2D eigenvalue weighted by atomic mass is 19.1. The number of likely N-dealkylation sites (tertiary alicyclic amines) is 1. The first-order valence-corrected chi connectivity index (χ1v) is 8.06. The molecular weight excluding hydrogens is 263 g/mol. The number of benzene rings is 1. The summed E-state index contributed by atoms with van der Waals surface area (Å²) in [5.41, 5.74) is 1.29. The highest BCUT2D eigenvalue weighted by molar-refractivity contribution is 5.22. The van der Waals surface area contributed by atoms with Crippen LogP contribution in [0.4, 0.5) is 4.39 Å². The molecule has 2 nitrogen and oxygen atoms in total. The van der Waals surface area contributed by atoms with Gasteiger partial charge in [-0.15, -0.1) is 0 Å². The van der Waals surface area contributed by atoms with Crippen LogP contribution in [0.5, 0.6) is 0 Å². The van der Waals surface area contributed by atoms with E-state index in [-0.39, 0.29) is 17.3 Å². The fourth-order valence-electron chi connectivity index (χ4n) is 3.14. The lowest BCUT2D eigenvalue weighted by Gasteiger charge is -2.35. The van der Waals surface area contributed by atoms with E-state index in [9.17, 15) is 4.39 Å². The first kappa shape index (κ1) is 16.4. The normalized spacial score (nSPS) is 22.8. The second-order valence-corrected chi connectivity index (χ2v) is 7.45. The lowest BCUT2D eigenvalue weighted by Crippen LogP contribution is -2.39. The zero-order valence-corrected chi connectivity index (χ0v) is 13.8. The van der Waals surface area contributed by atoms with E-state index in [2.05, 4.69) is 38.0 Å². The Hall–Kier alpha value is -0.930. The monoisotopic (exact) mass is 292 g/mol. The van der Waals surface area contributed by atoms with Gasteiger partial charge in [-0.1, -0.05) is 32.9 Å². The Bertz CT molecular complexity index is 436. The maximum absolute atomic E-state index is 13.2. The zero-order valence-electron chi connectivity index (χ0n) is 13.8. The Morgan fingerprint density at radius 3 is 2.43 bits per heavy atom. The zero-order chi connectivity index (χ0) is 15.5. The summed E-state index contributed by atoms with van der Waals surface area (Å²) in [6.07, 6.45) is 3.65. The average molecular weight is 292 g/mol. The van der Waals surface area contributed by atoms with Crippen LogP contribution in [0.1, 0.15) is 51.6 Å². The molecule has 1 aliphatic heterocycles. The summed E-state index contributed by atoms with van der Waals surface area (Å²) in [6, 6.07) is 7.77. The molecule has 1 aromatic carbocycles.